The van der Waals surface area contributed by atoms with Crippen LogP contribution < -0.4 is 10.1 Å². The van der Waals surface area contributed by atoms with Gasteiger partial charge in [-0.05, 0) is 39.8 Å². The summed E-state index contributed by atoms with van der Waals surface area (Å²) in [4.78, 5) is 22.9. The second-order valence-corrected chi connectivity index (χ2v) is 4.67. The molecule has 0 bridgehead atoms. The van der Waals surface area contributed by atoms with Crippen molar-refractivity contribution in [3.05, 3.63) is 35.4 Å². The highest BCUT2D eigenvalue weighted by Crippen LogP contribution is 2.25. The topological polar surface area (TPSA) is 75.6 Å². The van der Waals surface area contributed by atoms with Gasteiger partial charge in [0.25, 0.3) is 5.91 Å². The van der Waals surface area contributed by atoms with Crippen LogP contribution in [0.5, 0.6) is 5.75 Å². The molecular weight excluding hydrogens is 258 g/mol. The number of nitrogens with one attached hydrogen (secondary N) is 1. The van der Waals surface area contributed by atoms with Crippen LogP contribution in [-0.4, -0.2) is 23.1 Å². The fourth-order valence-corrected chi connectivity index (χ4v) is 1.47. The quantitative estimate of drug-likeness (QED) is 0.811. The Balaban J connectivity index is 2.97. The third-order valence-corrected chi connectivity index (χ3v) is 2.72. The lowest BCUT2D eigenvalue weighted by Crippen LogP contribution is -2.17. The molecule has 0 spiro atoms. The first-order valence-electron chi connectivity index (χ1n) is 6.30. The maximum Gasteiger partial charge on any atom is 0.331 e. The van der Waals surface area contributed by atoms with Crippen LogP contribution in [0.1, 0.15) is 27.7 Å². The molecule has 2 N–H and O–H groups in total. The van der Waals surface area contributed by atoms with Crippen molar-refractivity contribution >= 4 is 17.6 Å². The Morgan fingerprint density at radius 2 is 1.75 bits per heavy atom. The van der Waals surface area contributed by atoms with Crippen LogP contribution in [0.15, 0.2) is 35.4 Å². The first kappa shape index (κ1) is 15.8. The van der Waals surface area contributed by atoms with Crippen LogP contribution in [0, 0.1) is 0 Å². The Morgan fingerprint density at radius 1 is 1.15 bits per heavy atom. The van der Waals surface area contributed by atoms with E-state index in [0.717, 1.165) is 0 Å². The Hall–Kier alpha value is -2.30. The van der Waals surface area contributed by atoms with Crippen molar-refractivity contribution in [2.75, 3.05) is 5.32 Å². The molecule has 0 aliphatic carbocycles. The minimum atomic E-state index is -1.11. The third kappa shape index (κ3) is 4.12. The highest BCUT2D eigenvalue weighted by atomic mass is 16.5. The van der Waals surface area contributed by atoms with E-state index in [-0.39, 0.29) is 17.3 Å². The Labute approximate surface area is 118 Å². The number of hydrogen-bond donors (Lipinski definition) is 2. The summed E-state index contributed by atoms with van der Waals surface area (Å²) < 4.78 is 5.59. The number of hydrogen-bond acceptors (Lipinski definition) is 3. The number of anilines is 1. The van der Waals surface area contributed by atoms with E-state index in [9.17, 15) is 9.59 Å². The standard InChI is InChI=1S/C15H19NO4/c1-9(2)20-13-8-6-5-7-12(13)16-14(17)10(3)11(4)15(18)19/h5-9H,1-4H3,(H,16,17)(H,18,19). The van der Waals surface area contributed by atoms with Crippen molar-refractivity contribution in [3.63, 3.8) is 0 Å². The fraction of sp³-hybridized carbons (Fsp3) is 0.333. The number of rotatable bonds is 5. The van der Waals surface area contributed by atoms with Gasteiger partial charge in [-0.3, -0.25) is 4.79 Å². The van der Waals surface area contributed by atoms with Crippen molar-refractivity contribution in [2.24, 2.45) is 0 Å². The van der Waals surface area contributed by atoms with Crippen LogP contribution in [-0.2, 0) is 9.59 Å². The first-order valence-corrected chi connectivity index (χ1v) is 6.30. The number of benzene rings is 1. The van der Waals surface area contributed by atoms with Gasteiger partial charge in [0.2, 0.25) is 0 Å². The van der Waals surface area contributed by atoms with Crippen LogP contribution in [0.25, 0.3) is 0 Å². The number of carboxylic acid groups (broad SMARTS) is 1. The van der Waals surface area contributed by atoms with E-state index in [1.807, 2.05) is 13.8 Å². The predicted octanol–water partition coefficient (Wildman–Crippen LogP) is 2.83. The van der Waals surface area contributed by atoms with Gasteiger partial charge in [-0.2, -0.15) is 0 Å². The monoisotopic (exact) mass is 277 g/mol. The molecule has 0 aromatic heterocycles. The zero-order chi connectivity index (χ0) is 15.3. The van der Waals surface area contributed by atoms with Gasteiger partial charge in [-0.1, -0.05) is 12.1 Å². The number of amides is 1. The molecule has 0 unspecified atom stereocenters. The van der Waals surface area contributed by atoms with E-state index in [4.69, 9.17) is 9.84 Å². The molecule has 5 nitrogen and oxygen atoms in total. The molecule has 0 fully saturated rings. The van der Waals surface area contributed by atoms with Crippen molar-refractivity contribution < 1.29 is 19.4 Å². The molecule has 1 aromatic carbocycles. The number of carboxylic acids is 1. The average Bonchev–Trinajstić information content (AvgIpc) is 2.38. The van der Waals surface area contributed by atoms with Crippen molar-refractivity contribution in [3.8, 4) is 5.75 Å². The molecule has 0 heterocycles. The lowest BCUT2D eigenvalue weighted by atomic mass is 10.1. The van der Waals surface area contributed by atoms with Gasteiger partial charge in [0.05, 0.1) is 11.8 Å². The number of para-hydroxylation sites is 2. The van der Waals surface area contributed by atoms with Gasteiger partial charge in [0, 0.05) is 11.1 Å². The maximum atomic E-state index is 12.0. The molecule has 0 saturated heterocycles. The zero-order valence-corrected chi connectivity index (χ0v) is 12.1. The van der Waals surface area contributed by atoms with E-state index in [1.165, 1.54) is 13.8 Å². The normalized spacial score (nSPS) is 11.8. The largest absolute Gasteiger partial charge is 0.489 e. The van der Waals surface area contributed by atoms with Crippen LogP contribution >= 0.6 is 0 Å². The van der Waals surface area contributed by atoms with Crippen LogP contribution in [0.4, 0.5) is 5.69 Å². The highest BCUT2D eigenvalue weighted by Gasteiger charge is 2.14. The maximum absolute atomic E-state index is 12.0. The highest BCUT2D eigenvalue weighted by molar-refractivity contribution is 6.08. The van der Waals surface area contributed by atoms with E-state index in [2.05, 4.69) is 5.32 Å². The molecule has 0 radical (unpaired) electrons. The minimum Gasteiger partial charge on any atom is -0.489 e. The lowest BCUT2D eigenvalue weighted by molar-refractivity contribution is -0.133. The molecule has 1 aromatic rings. The molecule has 0 saturated carbocycles. The van der Waals surface area contributed by atoms with Gasteiger partial charge >= 0.3 is 5.97 Å². The summed E-state index contributed by atoms with van der Waals surface area (Å²) in [6.45, 7) is 6.65. The van der Waals surface area contributed by atoms with E-state index >= 15 is 0 Å². The number of carbonyl (C=O) groups is 2. The van der Waals surface area contributed by atoms with E-state index in [0.29, 0.717) is 11.4 Å². The van der Waals surface area contributed by atoms with Crippen molar-refractivity contribution in [2.45, 2.75) is 33.8 Å². The third-order valence-electron chi connectivity index (χ3n) is 2.72. The second-order valence-electron chi connectivity index (χ2n) is 4.67. The molecule has 0 aliphatic heterocycles. The number of ether oxygens (including phenoxy) is 1. The summed E-state index contributed by atoms with van der Waals surface area (Å²) in [5.74, 6) is -1.01. The first-order chi connectivity index (χ1) is 9.32. The van der Waals surface area contributed by atoms with Gasteiger partial charge < -0.3 is 15.2 Å². The molecule has 108 valence electrons. The van der Waals surface area contributed by atoms with Gasteiger partial charge in [-0.25, -0.2) is 4.79 Å². The van der Waals surface area contributed by atoms with Crippen LogP contribution in [0.3, 0.4) is 0 Å². The van der Waals surface area contributed by atoms with Gasteiger partial charge in [0.15, 0.2) is 0 Å². The summed E-state index contributed by atoms with van der Waals surface area (Å²) in [5, 5.41) is 11.5. The minimum absolute atomic E-state index is 0.0183. The Kier molecular flexibility index (Phi) is 5.32. The summed E-state index contributed by atoms with van der Waals surface area (Å²) in [7, 11) is 0. The molecule has 0 aliphatic rings. The lowest BCUT2D eigenvalue weighted by Gasteiger charge is -2.15. The number of aliphatic carboxylic acids is 1. The van der Waals surface area contributed by atoms with Crippen LogP contribution in [0.2, 0.25) is 0 Å². The molecule has 1 amide bonds. The average molecular weight is 277 g/mol. The van der Waals surface area contributed by atoms with Crippen molar-refractivity contribution in [1.82, 2.24) is 0 Å². The molecular formula is C15H19NO4. The Bertz CT molecular complexity index is 547. The molecule has 20 heavy (non-hydrogen) atoms. The van der Waals surface area contributed by atoms with E-state index in [1.54, 1.807) is 24.3 Å². The predicted molar refractivity (Wildman–Crippen MR) is 76.8 cm³/mol. The SMILES string of the molecule is CC(C(=O)O)=C(C)C(=O)Nc1ccccc1OC(C)C. The molecule has 5 heteroatoms. The summed E-state index contributed by atoms with van der Waals surface area (Å²) in [6, 6.07) is 7.03. The number of carbonyl (C=O) groups excluding carboxylic acids is 1. The summed E-state index contributed by atoms with van der Waals surface area (Å²) in [5.41, 5.74) is 0.699. The zero-order valence-electron chi connectivity index (χ0n) is 12.1. The second kappa shape index (κ2) is 6.75. The molecule has 0 atom stereocenters. The van der Waals surface area contributed by atoms with Crippen molar-refractivity contribution in [1.29, 1.82) is 0 Å². The molecule has 1 rings (SSSR count). The fourth-order valence-electron chi connectivity index (χ4n) is 1.47. The van der Waals surface area contributed by atoms with Gasteiger partial charge in [-0.15, -0.1) is 0 Å². The smallest absolute Gasteiger partial charge is 0.331 e. The summed E-state index contributed by atoms with van der Waals surface area (Å²) >= 11 is 0. The summed E-state index contributed by atoms with van der Waals surface area (Å²) in [6.07, 6.45) is -0.0227. The van der Waals surface area contributed by atoms with E-state index < -0.39 is 11.9 Å². The van der Waals surface area contributed by atoms with Gasteiger partial charge in [0.1, 0.15) is 5.75 Å². The Morgan fingerprint density at radius 3 is 2.30 bits per heavy atom.